The van der Waals surface area contributed by atoms with Crippen molar-refractivity contribution in [2.45, 2.75) is 124 Å². The van der Waals surface area contributed by atoms with Crippen LogP contribution in [0.15, 0.2) is 0 Å². The third kappa shape index (κ3) is 4.50. The fourth-order valence-electron chi connectivity index (χ4n) is 7.89. The van der Waals surface area contributed by atoms with Gasteiger partial charge in [0.15, 0.2) is 0 Å². The SMILES string of the molecule is CCN(CN(C)C1C(C)C(C)(C)N(OC)C(C)(C)C1C)C1C(C)C(C)(C)N(OC)C(C)(C)C1C. The molecule has 0 aromatic carbocycles. The maximum Gasteiger partial charge on any atom is 0.0575 e. The Kier molecular flexibility index (Phi) is 8.74. The lowest BCUT2D eigenvalue weighted by Crippen LogP contribution is -2.73. The first-order chi connectivity index (χ1) is 15.4. The van der Waals surface area contributed by atoms with Crippen LogP contribution in [0.4, 0.5) is 0 Å². The normalized spacial score (nSPS) is 37.9. The fourth-order valence-corrected chi connectivity index (χ4v) is 7.89. The van der Waals surface area contributed by atoms with Gasteiger partial charge in [0.05, 0.1) is 20.9 Å². The van der Waals surface area contributed by atoms with Gasteiger partial charge in [-0.2, -0.15) is 10.1 Å². The minimum Gasteiger partial charge on any atom is -0.301 e. The molecule has 0 radical (unpaired) electrons. The Balaban J connectivity index is 2.39. The molecule has 0 spiro atoms. The van der Waals surface area contributed by atoms with Crippen LogP contribution in [0.5, 0.6) is 0 Å². The molecule has 34 heavy (non-hydrogen) atoms. The maximum absolute atomic E-state index is 5.98. The van der Waals surface area contributed by atoms with Gasteiger partial charge in [0.2, 0.25) is 0 Å². The van der Waals surface area contributed by atoms with Crippen LogP contribution in [0.2, 0.25) is 0 Å². The van der Waals surface area contributed by atoms with Gasteiger partial charge in [-0.15, -0.1) is 0 Å². The molecule has 0 aliphatic carbocycles. The quantitative estimate of drug-likeness (QED) is 0.455. The van der Waals surface area contributed by atoms with Gasteiger partial charge < -0.3 is 9.68 Å². The molecule has 2 aliphatic heterocycles. The second-order valence-corrected chi connectivity index (χ2v) is 13.5. The lowest BCUT2D eigenvalue weighted by molar-refractivity contribution is -0.309. The van der Waals surface area contributed by atoms with E-state index in [0.717, 1.165) is 13.2 Å². The highest BCUT2D eigenvalue weighted by Crippen LogP contribution is 2.49. The molecule has 6 nitrogen and oxygen atoms in total. The van der Waals surface area contributed by atoms with Crippen molar-refractivity contribution < 1.29 is 9.68 Å². The fraction of sp³-hybridized carbons (Fsp3) is 1.00. The van der Waals surface area contributed by atoms with Gasteiger partial charge >= 0.3 is 0 Å². The highest BCUT2D eigenvalue weighted by atomic mass is 16.7. The second-order valence-electron chi connectivity index (χ2n) is 13.5. The summed E-state index contributed by atoms with van der Waals surface area (Å²) in [7, 11) is 5.99. The van der Waals surface area contributed by atoms with Gasteiger partial charge in [-0.3, -0.25) is 9.80 Å². The van der Waals surface area contributed by atoms with Crippen molar-refractivity contribution in [1.29, 1.82) is 0 Å². The maximum atomic E-state index is 5.98. The van der Waals surface area contributed by atoms with E-state index in [9.17, 15) is 0 Å². The van der Waals surface area contributed by atoms with E-state index in [1.54, 1.807) is 0 Å². The summed E-state index contributed by atoms with van der Waals surface area (Å²) in [5.74, 6) is 1.83. The van der Waals surface area contributed by atoms with Crippen LogP contribution < -0.4 is 0 Å². The third-order valence-corrected chi connectivity index (χ3v) is 10.7. The molecule has 2 rings (SSSR count). The molecule has 0 bridgehead atoms. The summed E-state index contributed by atoms with van der Waals surface area (Å²) in [6, 6.07) is 0.922. The van der Waals surface area contributed by atoms with Crippen molar-refractivity contribution in [1.82, 2.24) is 19.9 Å². The zero-order chi connectivity index (χ0) is 26.6. The Morgan fingerprint density at radius 2 is 0.912 bits per heavy atom. The average molecular weight is 483 g/mol. The van der Waals surface area contributed by atoms with Crippen LogP contribution in [0.25, 0.3) is 0 Å². The summed E-state index contributed by atoms with van der Waals surface area (Å²) in [6.45, 7) is 32.7. The Labute approximate surface area is 212 Å². The number of piperidine rings is 2. The zero-order valence-corrected chi connectivity index (χ0v) is 25.5. The summed E-state index contributed by atoms with van der Waals surface area (Å²) in [5.41, 5.74) is -0.240. The van der Waals surface area contributed by atoms with Gasteiger partial charge in [0.25, 0.3) is 0 Å². The van der Waals surface area contributed by atoms with Crippen molar-refractivity contribution in [2.75, 3.05) is 34.5 Å². The van der Waals surface area contributed by atoms with Gasteiger partial charge in [0, 0.05) is 34.2 Å². The van der Waals surface area contributed by atoms with E-state index >= 15 is 0 Å². The van der Waals surface area contributed by atoms with Crippen molar-refractivity contribution in [3.8, 4) is 0 Å². The molecule has 4 atom stereocenters. The second kappa shape index (κ2) is 9.90. The average Bonchev–Trinajstić information content (AvgIpc) is 2.71. The third-order valence-electron chi connectivity index (χ3n) is 10.7. The van der Waals surface area contributed by atoms with E-state index in [0.29, 0.717) is 35.8 Å². The predicted octanol–water partition coefficient (Wildman–Crippen LogP) is 5.35. The first-order valence-electron chi connectivity index (χ1n) is 13.5. The Hall–Kier alpha value is -0.240. The minimum absolute atomic E-state index is 0.0597. The first kappa shape index (κ1) is 30.0. The molecule has 0 N–H and O–H groups in total. The van der Waals surface area contributed by atoms with E-state index < -0.39 is 0 Å². The highest BCUT2D eigenvalue weighted by Gasteiger charge is 2.58. The van der Waals surface area contributed by atoms with Crippen LogP contribution in [0.3, 0.4) is 0 Å². The van der Waals surface area contributed by atoms with Gasteiger partial charge in [-0.05, 0) is 92.7 Å². The molecule has 0 saturated carbocycles. The van der Waals surface area contributed by atoms with Gasteiger partial charge in [-0.1, -0.05) is 34.6 Å². The van der Waals surface area contributed by atoms with Crippen LogP contribution in [0, 0.1) is 23.7 Å². The Morgan fingerprint density at radius 3 is 1.18 bits per heavy atom. The minimum atomic E-state index is -0.0604. The van der Waals surface area contributed by atoms with E-state index in [1.807, 2.05) is 14.2 Å². The molecule has 202 valence electrons. The predicted molar refractivity (Wildman–Crippen MR) is 143 cm³/mol. The number of hydroxylamine groups is 4. The van der Waals surface area contributed by atoms with Crippen molar-refractivity contribution in [3.63, 3.8) is 0 Å². The van der Waals surface area contributed by atoms with E-state index in [2.05, 4.69) is 117 Å². The van der Waals surface area contributed by atoms with Crippen LogP contribution in [-0.4, -0.2) is 88.6 Å². The molecule has 0 amide bonds. The van der Waals surface area contributed by atoms with Gasteiger partial charge in [0.1, 0.15) is 0 Å². The topological polar surface area (TPSA) is 31.4 Å². The molecule has 6 heteroatoms. The monoisotopic (exact) mass is 482 g/mol. The van der Waals surface area contributed by atoms with Crippen LogP contribution in [-0.2, 0) is 9.68 Å². The van der Waals surface area contributed by atoms with E-state index in [4.69, 9.17) is 9.68 Å². The van der Waals surface area contributed by atoms with E-state index in [-0.39, 0.29) is 22.2 Å². The molecular formula is C28H58N4O2. The summed E-state index contributed by atoms with van der Waals surface area (Å²) in [5, 5.41) is 4.49. The lowest BCUT2D eigenvalue weighted by atomic mass is 9.65. The summed E-state index contributed by atoms with van der Waals surface area (Å²) < 4.78 is 0. The van der Waals surface area contributed by atoms with Crippen molar-refractivity contribution in [3.05, 3.63) is 0 Å². The standard InChI is InChI=1S/C28H58N4O2/c1-17-30(24-21(4)27(10,11)32(34-16)28(12,13)22(24)5)18-29(14)23-19(2)25(6,7)31(33-15)26(8,9)20(23)3/h19-24H,17-18H2,1-16H3. The molecule has 2 heterocycles. The number of hydrogen-bond donors (Lipinski definition) is 0. The first-order valence-corrected chi connectivity index (χ1v) is 13.5. The van der Waals surface area contributed by atoms with Crippen LogP contribution in [0.1, 0.15) is 90.0 Å². The lowest BCUT2D eigenvalue weighted by Gasteiger charge is -2.63. The molecule has 2 saturated heterocycles. The molecule has 2 aliphatic rings. The Morgan fingerprint density at radius 1 is 0.618 bits per heavy atom. The van der Waals surface area contributed by atoms with Crippen LogP contribution >= 0.6 is 0 Å². The number of rotatable bonds is 7. The van der Waals surface area contributed by atoms with E-state index in [1.165, 1.54) is 0 Å². The summed E-state index contributed by atoms with van der Waals surface area (Å²) >= 11 is 0. The molecule has 4 unspecified atom stereocenters. The molecule has 0 aromatic rings. The number of hydrogen-bond acceptors (Lipinski definition) is 6. The zero-order valence-electron chi connectivity index (χ0n) is 25.5. The molecule has 0 aromatic heterocycles. The van der Waals surface area contributed by atoms with Crippen molar-refractivity contribution in [2.24, 2.45) is 23.7 Å². The summed E-state index contributed by atoms with van der Waals surface area (Å²) in [6.07, 6.45) is 0. The number of nitrogens with zero attached hydrogens (tertiary/aromatic N) is 4. The smallest absolute Gasteiger partial charge is 0.0575 e. The molecular weight excluding hydrogens is 424 g/mol. The van der Waals surface area contributed by atoms with Gasteiger partial charge in [-0.25, -0.2) is 0 Å². The highest BCUT2D eigenvalue weighted by molar-refractivity contribution is 5.09. The molecule has 2 fully saturated rings. The Bertz CT molecular complexity index is 648. The summed E-state index contributed by atoms with van der Waals surface area (Å²) in [4.78, 5) is 17.3. The largest absolute Gasteiger partial charge is 0.301 e. The van der Waals surface area contributed by atoms with Crippen molar-refractivity contribution >= 4 is 0 Å².